The van der Waals surface area contributed by atoms with E-state index in [1.165, 1.54) is 0 Å². The molecule has 0 fully saturated rings. The van der Waals surface area contributed by atoms with Gasteiger partial charge in [-0.1, -0.05) is 27.7 Å². The molecule has 0 aliphatic heterocycles. The summed E-state index contributed by atoms with van der Waals surface area (Å²) in [7, 11) is 0. The Hall–Kier alpha value is -2.83. The first-order chi connectivity index (χ1) is 11.5. The first-order valence-corrected chi connectivity index (χ1v) is 8.02. The van der Waals surface area contributed by atoms with E-state index in [1.807, 2.05) is 30.5 Å². The van der Waals surface area contributed by atoms with Crippen LogP contribution in [0.3, 0.4) is 0 Å². The lowest BCUT2D eigenvalue weighted by atomic mass is 10.1. The van der Waals surface area contributed by atoms with E-state index in [1.54, 1.807) is 21.6 Å². The minimum atomic E-state index is 0.441. The van der Waals surface area contributed by atoms with Crippen molar-refractivity contribution in [1.82, 2.24) is 34.4 Å². The molecule has 24 heavy (non-hydrogen) atoms. The molecule has 4 aromatic heterocycles. The van der Waals surface area contributed by atoms with Gasteiger partial charge in [-0.15, -0.1) is 10.2 Å². The van der Waals surface area contributed by atoms with Crippen LogP contribution in [-0.2, 0) is 0 Å². The molecule has 0 radical (unpaired) electrons. The summed E-state index contributed by atoms with van der Waals surface area (Å²) in [6.07, 6.45) is 5.23. The smallest absolute Gasteiger partial charge is 0.177 e. The summed E-state index contributed by atoms with van der Waals surface area (Å²) in [5.74, 6) is 0.911. The molecule has 4 rings (SSSR count). The Morgan fingerprint density at radius 1 is 0.792 bits per heavy atom. The van der Waals surface area contributed by atoms with Gasteiger partial charge in [-0.3, -0.25) is 0 Å². The van der Waals surface area contributed by atoms with Crippen molar-refractivity contribution in [3.05, 3.63) is 54.4 Å². The average molecular weight is 323 g/mol. The SMILES string of the molecule is CC(C)c1ccc2nccn2n1.CC(C)c1ccc2nncn2n1. The van der Waals surface area contributed by atoms with Gasteiger partial charge in [0.25, 0.3) is 0 Å². The summed E-state index contributed by atoms with van der Waals surface area (Å²) < 4.78 is 3.49. The number of nitrogens with zero attached hydrogens (tertiary/aromatic N) is 7. The molecule has 0 aliphatic rings. The maximum absolute atomic E-state index is 4.39. The first kappa shape index (κ1) is 16.0. The minimum absolute atomic E-state index is 0.441. The van der Waals surface area contributed by atoms with Crippen LogP contribution >= 0.6 is 0 Å². The second kappa shape index (κ2) is 6.74. The fraction of sp³-hybridized carbons (Fsp3) is 0.353. The number of rotatable bonds is 2. The third kappa shape index (κ3) is 3.40. The average Bonchev–Trinajstić information content (AvgIpc) is 3.22. The van der Waals surface area contributed by atoms with Crippen LogP contribution in [0.15, 0.2) is 43.0 Å². The molecule has 0 amide bonds. The highest BCUT2D eigenvalue weighted by Crippen LogP contribution is 2.11. The van der Waals surface area contributed by atoms with Crippen molar-refractivity contribution in [3.63, 3.8) is 0 Å². The van der Waals surface area contributed by atoms with E-state index in [9.17, 15) is 0 Å². The standard InChI is InChI=1S/C9H11N3.C8H10N4/c1-7(2)8-3-4-9-10-5-6-12(9)11-8;1-6(2)7-3-4-8-10-9-5-12(8)11-7/h3-7H,1-2H3;3-6H,1-2H3. The molecule has 0 aromatic carbocycles. The van der Waals surface area contributed by atoms with Gasteiger partial charge in [0.2, 0.25) is 0 Å². The molecule has 4 heterocycles. The lowest BCUT2D eigenvalue weighted by molar-refractivity contribution is 0.762. The third-order valence-electron chi connectivity index (χ3n) is 3.64. The molecule has 0 saturated carbocycles. The summed E-state index contributed by atoms with van der Waals surface area (Å²) in [6.45, 7) is 8.48. The van der Waals surface area contributed by atoms with Crippen molar-refractivity contribution in [2.75, 3.05) is 0 Å². The molecule has 4 aromatic rings. The second-order valence-corrected chi connectivity index (χ2v) is 6.19. The van der Waals surface area contributed by atoms with Gasteiger partial charge in [-0.05, 0) is 36.1 Å². The molecule has 7 heteroatoms. The van der Waals surface area contributed by atoms with Gasteiger partial charge < -0.3 is 0 Å². The molecule has 0 unspecified atom stereocenters. The van der Waals surface area contributed by atoms with Gasteiger partial charge >= 0.3 is 0 Å². The zero-order valence-corrected chi connectivity index (χ0v) is 14.3. The molecule has 7 nitrogen and oxygen atoms in total. The molecule has 124 valence electrons. The minimum Gasteiger partial charge on any atom is -0.236 e. The summed E-state index contributed by atoms with van der Waals surface area (Å²) >= 11 is 0. The van der Waals surface area contributed by atoms with E-state index >= 15 is 0 Å². The highest BCUT2D eigenvalue weighted by atomic mass is 15.3. The lowest BCUT2D eigenvalue weighted by Crippen LogP contribution is -1.98. The highest BCUT2D eigenvalue weighted by Gasteiger charge is 2.02. The summed E-state index contributed by atoms with van der Waals surface area (Å²) in [5, 5.41) is 16.3. The van der Waals surface area contributed by atoms with E-state index in [0.717, 1.165) is 22.7 Å². The molecule has 0 spiro atoms. The monoisotopic (exact) mass is 323 g/mol. The zero-order chi connectivity index (χ0) is 17.1. The van der Waals surface area contributed by atoms with Crippen LogP contribution in [-0.4, -0.2) is 34.4 Å². The molecular weight excluding hydrogens is 302 g/mol. The van der Waals surface area contributed by atoms with Crippen LogP contribution in [0.25, 0.3) is 11.3 Å². The van der Waals surface area contributed by atoms with Crippen molar-refractivity contribution in [2.45, 2.75) is 39.5 Å². The topological polar surface area (TPSA) is 73.3 Å². The van der Waals surface area contributed by atoms with Gasteiger partial charge in [-0.2, -0.15) is 10.2 Å². The van der Waals surface area contributed by atoms with Crippen LogP contribution in [0.4, 0.5) is 0 Å². The quantitative estimate of drug-likeness (QED) is 0.567. The van der Waals surface area contributed by atoms with Crippen LogP contribution in [0.1, 0.15) is 50.9 Å². The Labute approximate surface area is 140 Å². The van der Waals surface area contributed by atoms with Crippen molar-refractivity contribution in [2.24, 2.45) is 0 Å². The van der Waals surface area contributed by atoms with Gasteiger partial charge in [0, 0.05) is 12.4 Å². The summed E-state index contributed by atoms with van der Waals surface area (Å²) in [5.41, 5.74) is 3.85. The Morgan fingerprint density at radius 3 is 2.08 bits per heavy atom. The number of fused-ring (bicyclic) bond motifs is 2. The largest absolute Gasteiger partial charge is 0.236 e. The van der Waals surface area contributed by atoms with E-state index in [4.69, 9.17) is 0 Å². The van der Waals surface area contributed by atoms with Crippen LogP contribution in [0, 0.1) is 0 Å². The van der Waals surface area contributed by atoms with E-state index in [0.29, 0.717) is 11.8 Å². The van der Waals surface area contributed by atoms with E-state index < -0.39 is 0 Å². The van der Waals surface area contributed by atoms with Gasteiger partial charge in [0.05, 0.1) is 11.4 Å². The number of aromatic nitrogens is 7. The van der Waals surface area contributed by atoms with Crippen LogP contribution in [0.5, 0.6) is 0 Å². The molecule has 0 bridgehead atoms. The normalized spacial score (nSPS) is 11.2. The van der Waals surface area contributed by atoms with Crippen molar-refractivity contribution in [1.29, 1.82) is 0 Å². The third-order valence-corrected chi connectivity index (χ3v) is 3.64. The molecule has 0 N–H and O–H groups in total. The van der Waals surface area contributed by atoms with Crippen molar-refractivity contribution >= 4 is 11.3 Å². The van der Waals surface area contributed by atoms with Gasteiger partial charge in [0.1, 0.15) is 6.33 Å². The summed E-state index contributed by atoms with van der Waals surface area (Å²) in [6, 6.07) is 7.92. The fourth-order valence-corrected chi connectivity index (χ4v) is 2.19. The Balaban J connectivity index is 0.000000141. The Kier molecular flexibility index (Phi) is 4.50. The van der Waals surface area contributed by atoms with Gasteiger partial charge in [0.15, 0.2) is 11.3 Å². The zero-order valence-electron chi connectivity index (χ0n) is 14.3. The lowest BCUT2D eigenvalue weighted by Gasteiger charge is -2.02. The second-order valence-electron chi connectivity index (χ2n) is 6.19. The Morgan fingerprint density at radius 2 is 1.42 bits per heavy atom. The van der Waals surface area contributed by atoms with E-state index in [-0.39, 0.29) is 0 Å². The maximum Gasteiger partial charge on any atom is 0.177 e. The summed E-state index contributed by atoms with van der Waals surface area (Å²) in [4.78, 5) is 4.12. The predicted octanol–water partition coefficient (Wildman–Crippen LogP) is 3.10. The fourth-order valence-electron chi connectivity index (χ4n) is 2.19. The maximum atomic E-state index is 4.39. The van der Waals surface area contributed by atoms with Crippen molar-refractivity contribution < 1.29 is 0 Å². The van der Waals surface area contributed by atoms with Crippen LogP contribution < -0.4 is 0 Å². The van der Waals surface area contributed by atoms with Crippen molar-refractivity contribution in [3.8, 4) is 0 Å². The molecule has 0 atom stereocenters. The Bertz CT molecular complexity index is 858. The number of imidazole rings is 1. The first-order valence-electron chi connectivity index (χ1n) is 8.02. The highest BCUT2D eigenvalue weighted by molar-refractivity contribution is 5.36. The van der Waals surface area contributed by atoms with Crippen LogP contribution in [0.2, 0.25) is 0 Å². The predicted molar refractivity (Wildman–Crippen MR) is 91.9 cm³/mol. The molecule has 0 saturated heterocycles. The number of hydrogen-bond acceptors (Lipinski definition) is 5. The number of hydrogen-bond donors (Lipinski definition) is 0. The molecule has 0 aliphatic carbocycles. The molecular formula is C17H21N7. The van der Waals surface area contributed by atoms with Gasteiger partial charge in [-0.25, -0.2) is 14.0 Å². The van der Waals surface area contributed by atoms with E-state index in [2.05, 4.69) is 53.1 Å².